The topological polar surface area (TPSA) is 49.0 Å². The number of aromatic nitrogens is 2. The average molecular weight is 329 g/mol. The first-order valence-corrected chi connectivity index (χ1v) is 6.44. The number of H-pyrrole nitrogens is 1. The van der Waals surface area contributed by atoms with Crippen molar-refractivity contribution in [1.82, 2.24) is 9.97 Å². The van der Waals surface area contributed by atoms with Gasteiger partial charge in [-0.1, -0.05) is 39.7 Å². The molecular formula is C12H11BrClN3O. The van der Waals surface area contributed by atoms with Crippen LogP contribution in [0.25, 0.3) is 0 Å². The molecule has 1 N–H and O–H groups in total. The summed E-state index contributed by atoms with van der Waals surface area (Å²) in [4.78, 5) is 19.7. The van der Waals surface area contributed by atoms with E-state index < -0.39 is 0 Å². The molecule has 0 saturated heterocycles. The molecule has 4 nitrogen and oxygen atoms in total. The Morgan fingerprint density at radius 3 is 2.72 bits per heavy atom. The van der Waals surface area contributed by atoms with Crippen molar-refractivity contribution in [3.63, 3.8) is 0 Å². The Labute approximate surface area is 118 Å². The van der Waals surface area contributed by atoms with Crippen molar-refractivity contribution < 1.29 is 0 Å². The third-order valence-corrected chi connectivity index (χ3v) is 3.34. The summed E-state index contributed by atoms with van der Waals surface area (Å²) >= 11 is 9.31. The van der Waals surface area contributed by atoms with Gasteiger partial charge in [0, 0.05) is 18.1 Å². The second-order valence-corrected chi connectivity index (χ2v) is 5.15. The fraction of sp³-hybridized carbons (Fsp3) is 0.167. The van der Waals surface area contributed by atoms with Crippen LogP contribution in [-0.2, 0) is 6.54 Å². The third kappa shape index (κ3) is 2.91. The Bertz CT molecular complexity index is 597. The van der Waals surface area contributed by atoms with E-state index in [0.717, 1.165) is 10.0 Å². The highest BCUT2D eigenvalue weighted by atomic mass is 79.9. The Balaban J connectivity index is 2.22. The van der Waals surface area contributed by atoms with E-state index >= 15 is 0 Å². The monoisotopic (exact) mass is 327 g/mol. The molecule has 2 rings (SSSR count). The third-order valence-electron chi connectivity index (χ3n) is 2.47. The lowest BCUT2D eigenvalue weighted by molar-refractivity contribution is 0.887. The van der Waals surface area contributed by atoms with E-state index in [-0.39, 0.29) is 10.6 Å². The van der Waals surface area contributed by atoms with E-state index in [1.807, 2.05) is 36.2 Å². The summed E-state index contributed by atoms with van der Waals surface area (Å²) in [5.41, 5.74) is 0.781. The maximum Gasteiger partial charge on any atom is 0.271 e. The van der Waals surface area contributed by atoms with E-state index in [0.29, 0.717) is 12.4 Å². The van der Waals surface area contributed by atoms with Crippen molar-refractivity contribution in [3.8, 4) is 0 Å². The van der Waals surface area contributed by atoms with E-state index in [9.17, 15) is 4.79 Å². The minimum absolute atomic E-state index is 0.108. The highest BCUT2D eigenvalue weighted by molar-refractivity contribution is 9.10. The van der Waals surface area contributed by atoms with Gasteiger partial charge in [-0.25, -0.2) is 4.98 Å². The van der Waals surface area contributed by atoms with Gasteiger partial charge in [0.05, 0.1) is 6.33 Å². The van der Waals surface area contributed by atoms with E-state index in [1.54, 1.807) is 0 Å². The van der Waals surface area contributed by atoms with Gasteiger partial charge in [0.25, 0.3) is 5.56 Å². The zero-order valence-corrected chi connectivity index (χ0v) is 12.0. The molecule has 94 valence electrons. The Hall–Kier alpha value is -1.33. The van der Waals surface area contributed by atoms with Crippen LogP contribution >= 0.6 is 27.5 Å². The van der Waals surface area contributed by atoms with Crippen molar-refractivity contribution in [3.05, 3.63) is 56.0 Å². The van der Waals surface area contributed by atoms with Crippen LogP contribution in [0.15, 0.2) is 39.9 Å². The van der Waals surface area contributed by atoms with Gasteiger partial charge in [-0.05, 0) is 17.7 Å². The number of anilines is 1. The molecule has 0 spiro atoms. The summed E-state index contributed by atoms with van der Waals surface area (Å²) in [7, 11) is 1.84. The molecule has 6 heteroatoms. The minimum Gasteiger partial charge on any atom is -0.354 e. The van der Waals surface area contributed by atoms with Gasteiger partial charge in [0.1, 0.15) is 5.02 Å². The summed E-state index contributed by atoms with van der Waals surface area (Å²) in [5.74, 6) is 0.475. The van der Waals surface area contributed by atoms with Crippen molar-refractivity contribution in [1.29, 1.82) is 0 Å². The summed E-state index contributed by atoms with van der Waals surface area (Å²) in [6.45, 7) is 0.628. The number of nitrogens with one attached hydrogen (secondary N) is 1. The van der Waals surface area contributed by atoms with Crippen LogP contribution < -0.4 is 10.5 Å². The first kappa shape index (κ1) is 13.1. The lowest BCUT2D eigenvalue weighted by Crippen LogP contribution is -2.21. The lowest BCUT2D eigenvalue weighted by atomic mass is 10.2. The Morgan fingerprint density at radius 1 is 1.39 bits per heavy atom. The van der Waals surface area contributed by atoms with Crippen LogP contribution in [0.2, 0.25) is 5.02 Å². The molecule has 0 bridgehead atoms. The van der Waals surface area contributed by atoms with Crippen LogP contribution in [0.1, 0.15) is 5.56 Å². The molecule has 0 fully saturated rings. The zero-order valence-electron chi connectivity index (χ0n) is 9.65. The maximum atomic E-state index is 11.4. The first-order valence-electron chi connectivity index (χ1n) is 5.26. The Morgan fingerprint density at radius 2 is 2.06 bits per heavy atom. The molecule has 0 saturated carbocycles. The second-order valence-electron chi connectivity index (χ2n) is 3.85. The fourth-order valence-electron chi connectivity index (χ4n) is 1.58. The van der Waals surface area contributed by atoms with Gasteiger partial charge in [0.2, 0.25) is 0 Å². The fourth-order valence-corrected chi connectivity index (χ4v) is 2.09. The highest BCUT2D eigenvalue weighted by Crippen LogP contribution is 2.19. The summed E-state index contributed by atoms with van der Waals surface area (Å²) in [6, 6.07) is 7.94. The number of benzene rings is 1. The van der Waals surface area contributed by atoms with Crippen molar-refractivity contribution >= 4 is 33.3 Å². The second kappa shape index (κ2) is 5.54. The Kier molecular flexibility index (Phi) is 4.04. The number of aromatic amines is 1. The van der Waals surface area contributed by atoms with Crippen molar-refractivity contribution in [2.45, 2.75) is 6.54 Å². The normalized spacial score (nSPS) is 10.4. The number of rotatable bonds is 3. The van der Waals surface area contributed by atoms with Crippen LogP contribution in [0.4, 0.5) is 5.82 Å². The van der Waals surface area contributed by atoms with Crippen LogP contribution in [0.5, 0.6) is 0 Å². The largest absolute Gasteiger partial charge is 0.354 e. The smallest absolute Gasteiger partial charge is 0.271 e. The van der Waals surface area contributed by atoms with E-state index in [2.05, 4.69) is 25.9 Å². The van der Waals surface area contributed by atoms with Crippen molar-refractivity contribution in [2.24, 2.45) is 0 Å². The molecule has 0 atom stereocenters. The number of hydrogen-bond donors (Lipinski definition) is 1. The van der Waals surface area contributed by atoms with Crippen molar-refractivity contribution in [2.75, 3.05) is 11.9 Å². The summed E-state index contributed by atoms with van der Waals surface area (Å²) in [5, 5.41) is 0.108. The molecule has 1 aromatic carbocycles. The van der Waals surface area contributed by atoms with E-state index in [4.69, 9.17) is 11.6 Å². The molecule has 1 heterocycles. The SMILES string of the molecule is CN(Cc1ccc(Br)cc1)c1nc[nH]c(=O)c1Cl. The van der Waals surface area contributed by atoms with Crippen LogP contribution in [0, 0.1) is 0 Å². The van der Waals surface area contributed by atoms with Gasteiger partial charge in [0.15, 0.2) is 5.82 Å². The molecule has 0 amide bonds. The van der Waals surface area contributed by atoms with Crippen LogP contribution in [-0.4, -0.2) is 17.0 Å². The number of nitrogens with zero attached hydrogens (tertiary/aromatic N) is 2. The van der Waals surface area contributed by atoms with Crippen LogP contribution in [0.3, 0.4) is 0 Å². The highest BCUT2D eigenvalue weighted by Gasteiger charge is 2.10. The predicted octanol–water partition coefficient (Wildman–Crippen LogP) is 2.82. The van der Waals surface area contributed by atoms with Gasteiger partial charge in [-0.15, -0.1) is 0 Å². The molecule has 0 unspecified atom stereocenters. The molecular weight excluding hydrogens is 318 g/mol. The lowest BCUT2D eigenvalue weighted by Gasteiger charge is -2.18. The molecule has 1 aromatic heterocycles. The molecule has 0 aliphatic carbocycles. The minimum atomic E-state index is -0.329. The average Bonchev–Trinajstić information content (AvgIpc) is 2.35. The molecule has 2 aromatic rings. The molecule has 0 radical (unpaired) electrons. The summed E-state index contributed by atoms with van der Waals surface area (Å²) < 4.78 is 1.03. The quantitative estimate of drug-likeness (QED) is 0.942. The number of hydrogen-bond acceptors (Lipinski definition) is 3. The van der Waals surface area contributed by atoms with E-state index in [1.165, 1.54) is 6.33 Å². The first-order chi connectivity index (χ1) is 8.58. The predicted molar refractivity (Wildman–Crippen MR) is 76.1 cm³/mol. The standard InChI is InChI=1S/C12H11BrClN3O/c1-17(6-8-2-4-9(13)5-3-8)11-10(14)12(18)16-7-15-11/h2-5,7H,6H2,1H3,(H,15,16,18). The molecule has 18 heavy (non-hydrogen) atoms. The summed E-state index contributed by atoms with van der Waals surface area (Å²) in [6.07, 6.45) is 1.35. The number of halogens is 2. The zero-order chi connectivity index (χ0) is 13.1. The maximum absolute atomic E-state index is 11.4. The van der Waals surface area contributed by atoms with Gasteiger partial charge < -0.3 is 9.88 Å². The van der Waals surface area contributed by atoms with Gasteiger partial charge in [-0.2, -0.15) is 0 Å². The molecule has 0 aliphatic heterocycles. The van der Waals surface area contributed by atoms with Gasteiger partial charge in [-0.3, -0.25) is 4.79 Å². The van der Waals surface area contributed by atoms with Gasteiger partial charge >= 0.3 is 0 Å². The molecule has 0 aliphatic rings.